The third-order valence-electron chi connectivity index (χ3n) is 4.02. The standard InChI is InChI=1S/C22H19NO4/c1-2-27-18-7-5-6-16(14-18)15-10-12-17(13-11-15)23-21(24)19-8-3-4-9-20(19)22(25)26/h3-14H,2H2,1H3,(H,23,24)(H,25,26). The largest absolute Gasteiger partial charge is 0.494 e. The number of rotatable bonds is 6. The third-order valence-corrected chi connectivity index (χ3v) is 4.02. The molecule has 3 aromatic carbocycles. The van der Waals surface area contributed by atoms with Crippen LogP contribution < -0.4 is 10.1 Å². The van der Waals surface area contributed by atoms with Gasteiger partial charge in [-0.2, -0.15) is 0 Å². The summed E-state index contributed by atoms with van der Waals surface area (Å²) in [6.45, 7) is 2.54. The van der Waals surface area contributed by atoms with Gasteiger partial charge in [0.15, 0.2) is 0 Å². The fourth-order valence-corrected chi connectivity index (χ4v) is 2.74. The molecule has 0 spiro atoms. The summed E-state index contributed by atoms with van der Waals surface area (Å²) in [5.41, 5.74) is 2.68. The molecule has 0 heterocycles. The van der Waals surface area contributed by atoms with E-state index in [4.69, 9.17) is 4.74 Å². The molecular weight excluding hydrogens is 342 g/mol. The lowest BCUT2D eigenvalue weighted by Crippen LogP contribution is -2.16. The van der Waals surface area contributed by atoms with Crippen molar-refractivity contribution in [2.24, 2.45) is 0 Å². The van der Waals surface area contributed by atoms with Crippen LogP contribution in [0.2, 0.25) is 0 Å². The van der Waals surface area contributed by atoms with Crippen LogP contribution in [0.5, 0.6) is 5.75 Å². The third kappa shape index (κ3) is 4.33. The second kappa shape index (κ2) is 8.19. The van der Waals surface area contributed by atoms with Crippen LogP contribution in [0.4, 0.5) is 5.69 Å². The molecule has 0 radical (unpaired) electrons. The number of carboxylic acid groups (broad SMARTS) is 1. The molecular formula is C22H19NO4. The Morgan fingerprint density at radius 1 is 0.889 bits per heavy atom. The van der Waals surface area contributed by atoms with E-state index in [9.17, 15) is 14.7 Å². The highest BCUT2D eigenvalue weighted by molar-refractivity contribution is 6.10. The molecule has 1 amide bonds. The van der Waals surface area contributed by atoms with Gasteiger partial charge in [-0.25, -0.2) is 4.79 Å². The Morgan fingerprint density at radius 3 is 2.26 bits per heavy atom. The maximum atomic E-state index is 12.4. The Kier molecular flexibility index (Phi) is 5.52. The van der Waals surface area contributed by atoms with E-state index in [0.29, 0.717) is 12.3 Å². The highest BCUT2D eigenvalue weighted by atomic mass is 16.5. The van der Waals surface area contributed by atoms with Gasteiger partial charge in [-0.3, -0.25) is 4.79 Å². The monoisotopic (exact) mass is 361 g/mol. The average Bonchev–Trinajstić information content (AvgIpc) is 2.69. The lowest BCUT2D eigenvalue weighted by Gasteiger charge is -2.09. The first-order chi connectivity index (χ1) is 13.1. The lowest BCUT2D eigenvalue weighted by atomic mass is 10.0. The van der Waals surface area contributed by atoms with Gasteiger partial charge in [0, 0.05) is 5.69 Å². The van der Waals surface area contributed by atoms with Crippen LogP contribution in [0.25, 0.3) is 11.1 Å². The van der Waals surface area contributed by atoms with E-state index in [1.54, 1.807) is 24.3 Å². The van der Waals surface area contributed by atoms with E-state index in [0.717, 1.165) is 16.9 Å². The number of benzene rings is 3. The molecule has 0 saturated heterocycles. The molecule has 5 nitrogen and oxygen atoms in total. The summed E-state index contributed by atoms with van der Waals surface area (Å²) >= 11 is 0. The number of carbonyl (C=O) groups excluding carboxylic acids is 1. The molecule has 0 saturated carbocycles. The van der Waals surface area contributed by atoms with Crippen molar-refractivity contribution >= 4 is 17.6 Å². The van der Waals surface area contributed by atoms with Crippen LogP contribution in [0.15, 0.2) is 72.8 Å². The summed E-state index contributed by atoms with van der Waals surface area (Å²) in [6.07, 6.45) is 0. The number of amides is 1. The Morgan fingerprint density at radius 2 is 1.59 bits per heavy atom. The van der Waals surface area contributed by atoms with Crippen molar-refractivity contribution in [2.75, 3.05) is 11.9 Å². The Labute approximate surface area is 157 Å². The van der Waals surface area contributed by atoms with Crippen molar-refractivity contribution in [3.05, 3.63) is 83.9 Å². The Bertz CT molecular complexity index is 964. The van der Waals surface area contributed by atoms with Crippen molar-refractivity contribution in [1.82, 2.24) is 0 Å². The summed E-state index contributed by atoms with van der Waals surface area (Å²) in [6, 6.07) is 21.3. The number of aromatic carboxylic acids is 1. The van der Waals surface area contributed by atoms with Crippen molar-refractivity contribution in [1.29, 1.82) is 0 Å². The number of ether oxygens (including phenoxy) is 1. The number of carbonyl (C=O) groups is 2. The quantitative estimate of drug-likeness (QED) is 0.667. The second-order valence-corrected chi connectivity index (χ2v) is 5.84. The molecule has 2 N–H and O–H groups in total. The van der Waals surface area contributed by atoms with E-state index in [-0.39, 0.29) is 11.1 Å². The normalized spacial score (nSPS) is 10.3. The van der Waals surface area contributed by atoms with E-state index < -0.39 is 11.9 Å². The summed E-state index contributed by atoms with van der Waals surface area (Å²) in [7, 11) is 0. The summed E-state index contributed by atoms with van der Waals surface area (Å²) in [4.78, 5) is 23.7. The number of hydrogen-bond acceptors (Lipinski definition) is 3. The predicted octanol–water partition coefficient (Wildman–Crippen LogP) is 4.70. The molecule has 5 heteroatoms. The van der Waals surface area contributed by atoms with Gasteiger partial charge in [-0.15, -0.1) is 0 Å². The average molecular weight is 361 g/mol. The minimum absolute atomic E-state index is 0.0284. The first-order valence-electron chi connectivity index (χ1n) is 8.55. The Balaban J connectivity index is 1.77. The zero-order chi connectivity index (χ0) is 19.2. The fraction of sp³-hybridized carbons (Fsp3) is 0.0909. The van der Waals surface area contributed by atoms with Crippen LogP contribution in [0, 0.1) is 0 Å². The topological polar surface area (TPSA) is 75.6 Å². The molecule has 0 aromatic heterocycles. The first-order valence-corrected chi connectivity index (χ1v) is 8.55. The van der Waals surface area contributed by atoms with Gasteiger partial charge in [-0.05, 0) is 54.4 Å². The molecule has 136 valence electrons. The van der Waals surface area contributed by atoms with Crippen LogP contribution in [-0.4, -0.2) is 23.6 Å². The van der Waals surface area contributed by atoms with Gasteiger partial charge in [0.05, 0.1) is 17.7 Å². The van der Waals surface area contributed by atoms with Crippen molar-refractivity contribution in [3.63, 3.8) is 0 Å². The molecule has 0 aliphatic carbocycles. The highest BCUT2D eigenvalue weighted by Crippen LogP contribution is 2.25. The minimum Gasteiger partial charge on any atom is -0.494 e. The molecule has 3 rings (SSSR count). The zero-order valence-electron chi connectivity index (χ0n) is 14.8. The van der Waals surface area contributed by atoms with Gasteiger partial charge >= 0.3 is 5.97 Å². The van der Waals surface area contributed by atoms with Crippen molar-refractivity contribution in [3.8, 4) is 16.9 Å². The highest BCUT2D eigenvalue weighted by Gasteiger charge is 2.15. The van der Waals surface area contributed by atoms with E-state index in [2.05, 4.69) is 5.32 Å². The van der Waals surface area contributed by atoms with E-state index >= 15 is 0 Å². The molecule has 27 heavy (non-hydrogen) atoms. The van der Waals surface area contributed by atoms with Crippen molar-refractivity contribution < 1.29 is 19.4 Å². The summed E-state index contributed by atoms with van der Waals surface area (Å²) in [5.74, 6) is -0.790. The van der Waals surface area contributed by atoms with Crippen molar-refractivity contribution in [2.45, 2.75) is 6.92 Å². The predicted molar refractivity (Wildman–Crippen MR) is 104 cm³/mol. The molecule has 3 aromatic rings. The van der Waals surface area contributed by atoms with E-state index in [1.807, 2.05) is 43.3 Å². The van der Waals surface area contributed by atoms with E-state index in [1.165, 1.54) is 12.1 Å². The van der Waals surface area contributed by atoms with Gasteiger partial charge < -0.3 is 15.2 Å². The number of anilines is 1. The van der Waals surface area contributed by atoms with Gasteiger partial charge in [0.2, 0.25) is 0 Å². The number of nitrogens with one attached hydrogen (secondary N) is 1. The molecule has 0 aliphatic rings. The van der Waals surface area contributed by atoms with Crippen LogP contribution >= 0.6 is 0 Å². The minimum atomic E-state index is -1.13. The van der Waals surface area contributed by atoms with Crippen LogP contribution in [0.3, 0.4) is 0 Å². The molecule has 0 atom stereocenters. The van der Waals surface area contributed by atoms with Gasteiger partial charge in [0.1, 0.15) is 5.75 Å². The van der Waals surface area contributed by atoms with Gasteiger partial charge in [0.25, 0.3) is 5.91 Å². The molecule has 0 unspecified atom stereocenters. The molecule has 0 bridgehead atoms. The number of hydrogen-bond donors (Lipinski definition) is 2. The number of carboxylic acids is 1. The van der Waals surface area contributed by atoms with Crippen LogP contribution in [0.1, 0.15) is 27.6 Å². The zero-order valence-corrected chi connectivity index (χ0v) is 14.8. The fourth-order valence-electron chi connectivity index (χ4n) is 2.74. The van der Waals surface area contributed by atoms with Gasteiger partial charge in [-0.1, -0.05) is 36.4 Å². The summed E-state index contributed by atoms with van der Waals surface area (Å²) < 4.78 is 5.52. The second-order valence-electron chi connectivity index (χ2n) is 5.84. The SMILES string of the molecule is CCOc1cccc(-c2ccc(NC(=O)c3ccccc3C(=O)O)cc2)c1. The smallest absolute Gasteiger partial charge is 0.336 e. The Hall–Kier alpha value is -3.60. The first kappa shape index (κ1) is 18.2. The maximum absolute atomic E-state index is 12.4. The van der Waals surface area contributed by atoms with Crippen LogP contribution in [-0.2, 0) is 0 Å². The molecule has 0 aliphatic heterocycles. The lowest BCUT2D eigenvalue weighted by molar-refractivity contribution is 0.0692. The maximum Gasteiger partial charge on any atom is 0.336 e. The summed E-state index contributed by atoms with van der Waals surface area (Å²) in [5, 5.41) is 12.0. The molecule has 0 fully saturated rings.